The van der Waals surface area contributed by atoms with Crippen molar-refractivity contribution in [2.24, 2.45) is 7.05 Å². The fourth-order valence-corrected chi connectivity index (χ4v) is 2.60. The Labute approximate surface area is 145 Å². The number of pyridine rings is 2. The summed E-state index contributed by atoms with van der Waals surface area (Å²) >= 11 is 0. The Kier molecular flexibility index (Phi) is 3.89. The summed E-state index contributed by atoms with van der Waals surface area (Å²) in [5, 5.41) is 10.2. The first-order valence-corrected chi connectivity index (χ1v) is 8.18. The van der Waals surface area contributed by atoms with Crippen molar-refractivity contribution in [3.63, 3.8) is 0 Å². The molecule has 1 aliphatic rings. The van der Waals surface area contributed by atoms with Gasteiger partial charge in [-0.1, -0.05) is 0 Å². The number of amides is 1. The molecule has 3 aromatic heterocycles. The van der Waals surface area contributed by atoms with Crippen LogP contribution in [-0.4, -0.2) is 25.7 Å². The Balaban J connectivity index is 1.64. The maximum Gasteiger partial charge on any atom is 0.277 e. The maximum absolute atomic E-state index is 12.8. The van der Waals surface area contributed by atoms with E-state index in [0.717, 1.165) is 24.2 Å². The molecule has 3 aromatic rings. The van der Waals surface area contributed by atoms with Crippen molar-refractivity contribution < 1.29 is 4.79 Å². The molecular weight excluding hydrogens is 316 g/mol. The standard InChI is InChI=1S/C18H18N6O/c1-24-10-8-16(23-24)22-18(25)17-15(20-13-3-2-9-19-11-13)7-6-14(21-17)12-4-5-12/h2-3,6-12,20H,4-5H2,1H3,(H,22,23,25). The van der Waals surface area contributed by atoms with Gasteiger partial charge in [0.1, 0.15) is 0 Å². The third-order valence-corrected chi connectivity index (χ3v) is 4.02. The van der Waals surface area contributed by atoms with Crippen LogP contribution in [0.5, 0.6) is 0 Å². The monoisotopic (exact) mass is 334 g/mol. The van der Waals surface area contributed by atoms with Gasteiger partial charge < -0.3 is 10.6 Å². The minimum absolute atomic E-state index is 0.285. The topological polar surface area (TPSA) is 84.7 Å². The number of nitrogens with zero attached hydrogens (tertiary/aromatic N) is 4. The van der Waals surface area contributed by atoms with Gasteiger partial charge in [0.05, 0.1) is 17.6 Å². The number of rotatable bonds is 5. The molecule has 1 saturated carbocycles. The molecule has 2 N–H and O–H groups in total. The van der Waals surface area contributed by atoms with Gasteiger partial charge in [0.15, 0.2) is 11.5 Å². The summed E-state index contributed by atoms with van der Waals surface area (Å²) in [6, 6.07) is 9.36. The van der Waals surface area contributed by atoms with Crippen molar-refractivity contribution in [3.8, 4) is 0 Å². The second-order valence-electron chi connectivity index (χ2n) is 6.10. The first kappa shape index (κ1) is 15.3. The van der Waals surface area contributed by atoms with Crippen LogP contribution < -0.4 is 10.6 Å². The van der Waals surface area contributed by atoms with Gasteiger partial charge in [-0.25, -0.2) is 4.98 Å². The highest BCUT2D eigenvalue weighted by molar-refractivity contribution is 6.06. The number of hydrogen-bond donors (Lipinski definition) is 2. The maximum atomic E-state index is 12.8. The van der Waals surface area contributed by atoms with Crippen molar-refractivity contribution in [3.05, 3.63) is 60.3 Å². The summed E-state index contributed by atoms with van der Waals surface area (Å²) in [7, 11) is 1.80. The minimum atomic E-state index is -0.285. The van der Waals surface area contributed by atoms with Crippen molar-refractivity contribution in [2.75, 3.05) is 10.6 Å². The van der Waals surface area contributed by atoms with Crippen molar-refractivity contribution in [2.45, 2.75) is 18.8 Å². The highest BCUT2D eigenvalue weighted by Gasteiger charge is 2.27. The molecule has 0 atom stereocenters. The molecule has 4 rings (SSSR count). The SMILES string of the molecule is Cn1ccc(NC(=O)c2nc(C3CC3)ccc2Nc2cccnc2)n1. The summed E-state index contributed by atoms with van der Waals surface area (Å²) in [6.45, 7) is 0. The van der Waals surface area contributed by atoms with E-state index < -0.39 is 0 Å². The van der Waals surface area contributed by atoms with Gasteiger partial charge >= 0.3 is 0 Å². The van der Waals surface area contributed by atoms with Crippen LogP contribution in [0.15, 0.2) is 48.9 Å². The molecule has 1 amide bonds. The predicted molar refractivity (Wildman–Crippen MR) is 94.9 cm³/mol. The predicted octanol–water partition coefficient (Wildman–Crippen LogP) is 3.08. The van der Waals surface area contributed by atoms with Gasteiger partial charge in [-0.05, 0) is 37.1 Å². The Morgan fingerprint density at radius 2 is 2.12 bits per heavy atom. The third kappa shape index (κ3) is 3.50. The van der Waals surface area contributed by atoms with Crippen LogP contribution in [0.4, 0.5) is 17.2 Å². The summed E-state index contributed by atoms with van der Waals surface area (Å²) in [5.41, 5.74) is 2.77. The number of aryl methyl sites for hydroxylation is 1. The van der Waals surface area contributed by atoms with Gasteiger partial charge in [-0.3, -0.25) is 14.5 Å². The molecule has 25 heavy (non-hydrogen) atoms. The largest absolute Gasteiger partial charge is 0.352 e. The van der Waals surface area contributed by atoms with E-state index in [0.29, 0.717) is 23.1 Å². The first-order valence-electron chi connectivity index (χ1n) is 8.18. The number of carbonyl (C=O) groups is 1. The van der Waals surface area contributed by atoms with E-state index in [1.54, 1.807) is 36.4 Å². The molecule has 1 fully saturated rings. The first-order chi connectivity index (χ1) is 12.2. The molecule has 1 aliphatic carbocycles. The van der Waals surface area contributed by atoms with E-state index in [4.69, 9.17) is 0 Å². The summed E-state index contributed by atoms with van der Waals surface area (Å²) in [5.74, 6) is 0.680. The summed E-state index contributed by atoms with van der Waals surface area (Å²) < 4.78 is 1.64. The Morgan fingerprint density at radius 1 is 1.24 bits per heavy atom. The second kappa shape index (κ2) is 6.35. The Bertz CT molecular complexity index is 901. The molecule has 126 valence electrons. The zero-order chi connectivity index (χ0) is 17.2. The number of anilines is 3. The Morgan fingerprint density at radius 3 is 2.80 bits per heavy atom. The molecule has 7 heteroatoms. The van der Waals surface area contributed by atoms with Crippen molar-refractivity contribution in [1.29, 1.82) is 0 Å². The van der Waals surface area contributed by atoms with Gasteiger partial charge in [0.2, 0.25) is 0 Å². The van der Waals surface area contributed by atoms with Crippen LogP contribution in [-0.2, 0) is 7.05 Å². The molecule has 0 radical (unpaired) electrons. The fraction of sp³-hybridized carbons (Fsp3) is 0.222. The number of hydrogen-bond acceptors (Lipinski definition) is 5. The van der Waals surface area contributed by atoms with Crippen LogP contribution in [0.25, 0.3) is 0 Å². The molecule has 0 saturated heterocycles. The quantitative estimate of drug-likeness (QED) is 0.749. The lowest BCUT2D eigenvalue weighted by atomic mass is 10.2. The molecule has 0 bridgehead atoms. The average Bonchev–Trinajstić information content (AvgIpc) is 3.39. The molecular formula is C18H18N6O. The van der Waals surface area contributed by atoms with E-state index >= 15 is 0 Å². The van der Waals surface area contributed by atoms with Crippen LogP contribution in [0.3, 0.4) is 0 Å². The summed E-state index contributed by atoms with van der Waals surface area (Å²) in [6.07, 6.45) is 7.44. The molecule has 0 spiro atoms. The van der Waals surface area contributed by atoms with E-state index in [2.05, 4.69) is 25.7 Å². The highest BCUT2D eigenvalue weighted by Crippen LogP contribution is 2.39. The van der Waals surface area contributed by atoms with Crippen LogP contribution in [0.2, 0.25) is 0 Å². The molecule has 0 aliphatic heterocycles. The normalized spacial score (nSPS) is 13.5. The molecule has 7 nitrogen and oxygen atoms in total. The average molecular weight is 334 g/mol. The van der Waals surface area contributed by atoms with Gasteiger partial charge in [0, 0.05) is 37.1 Å². The number of carbonyl (C=O) groups excluding carboxylic acids is 1. The van der Waals surface area contributed by atoms with Crippen LogP contribution >= 0.6 is 0 Å². The second-order valence-corrected chi connectivity index (χ2v) is 6.10. The lowest BCUT2D eigenvalue weighted by Gasteiger charge is -2.12. The smallest absolute Gasteiger partial charge is 0.277 e. The van der Waals surface area contributed by atoms with E-state index in [-0.39, 0.29) is 5.91 Å². The van der Waals surface area contributed by atoms with Crippen LogP contribution in [0.1, 0.15) is 34.9 Å². The number of nitrogens with one attached hydrogen (secondary N) is 2. The van der Waals surface area contributed by atoms with Crippen molar-refractivity contribution in [1.82, 2.24) is 19.7 Å². The number of aromatic nitrogens is 4. The van der Waals surface area contributed by atoms with Crippen LogP contribution in [0, 0.1) is 0 Å². The van der Waals surface area contributed by atoms with E-state index in [9.17, 15) is 4.79 Å². The van der Waals surface area contributed by atoms with Crippen molar-refractivity contribution >= 4 is 23.1 Å². The van der Waals surface area contributed by atoms with E-state index in [1.165, 1.54) is 0 Å². The third-order valence-electron chi connectivity index (χ3n) is 4.02. The van der Waals surface area contributed by atoms with Gasteiger partial charge in [-0.2, -0.15) is 5.10 Å². The zero-order valence-corrected chi connectivity index (χ0v) is 13.8. The lowest BCUT2D eigenvalue weighted by Crippen LogP contribution is -2.17. The zero-order valence-electron chi connectivity index (χ0n) is 13.8. The van der Waals surface area contributed by atoms with Gasteiger partial charge in [-0.15, -0.1) is 0 Å². The molecule has 3 heterocycles. The van der Waals surface area contributed by atoms with E-state index in [1.807, 2.05) is 24.3 Å². The molecule has 0 unspecified atom stereocenters. The summed E-state index contributed by atoms with van der Waals surface area (Å²) in [4.78, 5) is 21.4. The molecule has 0 aromatic carbocycles. The highest BCUT2D eigenvalue weighted by atomic mass is 16.2. The Hall–Kier alpha value is -3.22. The lowest BCUT2D eigenvalue weighted by molar-refractivity contribution is 0.102. The fourth-order valence-electron chi connectivity index (χ4n) is 2.60. The van der Waals surface area contributed by atoms with Gasteiger partial charge in [0.25, 0.3) is 5.91 Å². The minimum Gasteiger partial charge on any atom is -0.352 e.